The lowest BCUT2D eigenvalue weighted by Gasteiger charge is -2.11. The zero-order valence-electron chi connectivity index (χ0n) is 8.38. The normalized spacial score (nSPS) is 12.3. The minimum absolute atomic E-state index is 0.328. The zero-order valence-corrected chi connectivity index (χ0v) is 9.20. The second kappa shape index (κ2) is 4.47. The van der Waals surface area contributed by atoms with E-state index in [9.17, 15) is 8.76 Å². The Hall–Kier alpha value is -1.65. The predicted octanol–water partition coefficient (Wildman–Crippen LogP) is 2.66. The molecule has 0 aliphatic rings. The highest BCUT2D eigenvalue weighted by Crippen LogP contribution is 2.29. The minimum Gasteiger partial charge on any atom is -0.740 e. The Kier molecular flexibility index (Phi) is 3.03. The fraction of sp³-hybridized carbons (Fsp3) is 0. The maximum absolute atomic E-state index is 10.5. The summed E-state index contributed by atoms with van der Waals surface area (Å²) in [4.78, 5) is 0. The molecule has 0 fully saturated rings. The van der Waals surface area contributed by atoms with Crippen LogP contribution in [0.5, 0.6) is 5.75 Å². The van der Waals surface area contributed by atoms with Crippen LogP contribution in [0.2, 0.25) is 0 Å². The summed E-state index contributed by atoms with van der Waals surface area (Å²) in [5.41, 5.74) is 0.944. The van der Waals surface area contributed by atoms with Gasteiger partial charge in [0, 0.05) is 5.39 Å². The van der Waals surface area contributed by atoms with E-state index in [1.165, 1.54) is 0 Å². The Bertz CT molecular complexity index is 563. The molecular weight excluding hydrogens is 224 g/mol. The summed E-state index contributed by atoms with van der Waals surface area (Å²) in [5, 5.41) is 1.67. The van der Waals surface area contributed by atoms with Crippen LogP contribution in [0.4, 0.5) is 0 Å². The molecule has 0 aliphatic heterocycles. The summed E-state index contributed by atoms with van der Waals surface area (Å²) >= 11 is -2.56. The Balaban J connectivity index is 2.69. The zero-order chi connectivity index (χ0) is 11.5. The molecule has 16 heavy (non-hydrogen) atoms. The average molecular weight is 233 g/mol. The van der Waals surface area contributed by atoms with Crippen molar-refractivity contribution in [3.05, 3.63) is 48.5 Å². The quantitative estimate of drug-likeness (QED) is 0.766. The molecule has 0 aromatic heterocycles. The van der Waals surface area contributed by atoms with Crippen molar-refractivity contribution < 1.29 is 12.9 Å². The highest BCUT2D eigenvalue weighted by atomic mass is 32.2. The van der Waals surface area contributed by atoms with Crippen LogP contribution in [0.3, 0.4) is 0 Å². The van der Waals surface area contributed by atoms with Gasteiger partial charge in [-0.2, -0.15) is 0 Å². The van der Waals surface area contributed by atoms with Crippen LogP contribution in [0.1, 0.15) is 5.56 Å². The van der Waals surface area contributed by atoms with Gasteiger partial charge >= 0.3 is 0 Å². The van der Waals surface area contributed by atoms with Gasteiger partial charge in [0.2, 0.25) is 0 Å². The summed E-state index contributed by atoms with van der Waals surface area (Å²) in [6.07, 6.45) is 1.72. The lowest BCUT2D eigenvalue weighted by Crippen LogP contribution is -1.98. The summed E-state index contributed by atoms with van der Waals surface area (Å²) in [7, 11) is 0. The van der Waals surface area contributed by atoms with E-state index in [-0.39, 0.29) is 0 Å². The number of fused-ring (bicyclic) bond motifs is 1. The van der Waals surface area contributed by atoms with Gasteiger partial charge in [-0.25, -0.2) is 4.21 Å². The first-order chi connectivity index (χ1) is 7.72. The number of rotatable bonds is 3. The molecule has 0 amide bonds. The van der Waals surface area contributed by atoms with Gasteiger partial charge in [-0.3, -0.25) is 0 Å². The van der Waals surface area contributed by atoms with Crippen molar-refractivity contribution in [3.8, 4) is 5.75 Å². The van der Waals surface area contributed by atoms with Crippen LogP contribution in [0, 0.1) is 0 Å². The fourth-order valence-electron chi connectivity index (χ4n) is 1.62. The Labute approximate surface area is 95.9 Å². The smallest absolute Gasteiger partial charge is 0.147 e. The van der Waals surface area contributed by atoms with Crippen LogP contribution < -0.4 is 4.18 Å². The van der Waals surface area contributed by atoms with Crippen molar-refractivity contribution in [1.82, 2.24) is 0 Å². The third-order valence-electron chi connectivity index (χ3n) is 2.30. The van der Waals surface area contributed by atoms with Gasteiger partial charge in [0.1, 0.15) is 17.1 Å². The molecule has 0 bridgehead atoms. The van der Waals surface area contributed by atoms with Crippen LogP contribution >= 0.6 is 0 Å². The Morgan fingerprint density at radius 3 is 2.50 bits per heavy atom. The molecule has 0 N–H and O–H groups in total. The predicted molar refractivity (Wildman–Crippen MR) is 63.6 cm³/mol. The molecule has 0 saturated heterocycles. The topological polar surface area (TPSA) is 49.4 Å². The largest absolute Gasteiger partial charge is 0.740 e. The lowest BCUT2D eigenvalue weighted by atomic mass is 10.0. The van der Waals surface area contributed by atoms with Crippen LogP contribution in [0.25, 0.3) is 16.8 Å². The first-order valence-electron chi connectivity index (χ1n) is 4.64. The SMILES string of the molecule is C=Cc1ccc(OS(=O)[O-])c2ccccc12. The monoisotopic (exact) mass is 233 g/mol. The first kappa shape index (κ1) is 10.9. The summed E-state index contributed by atoms with van der Waals surface area (Å²) in [6.45, 7) is 3.71. The number of benzene rings is 2. The van der Waals surface area contributed by atoms with Gasteiger partial charge in [0.25, 0.3) is 0 Å². The lowest BCUT2D eigenvalue weighted by molar-refractivity contribution is 0.442. The molecule has 4 heteroatoms. The average Bonchev–Trinajstić information content (AvgIpc) is 2.29. The van der Waals surface area contributed by atoms with Crippen LogP contribution in [-0.4, -0.2) is 8.76 Å². The molecule has 0 aliphatic carbocycles. The third kappa shape index (κ3) is 1.98. The van der Waals surface area contributed by atoms with Gasteiger partial charge in [0.05, 0.1) is 0 Å². The molecule has 0 heterocycles. The van der Waals surface area contributed by atoms with Crippen molar-refractivity contribution in [1.29, 1.82) is 0 Å². The minimum atomic E-state index is -2.56. The van der Waals surface area contributed by atoms with E-state index < -0.39 is 11.4 Å². The molecule has 2 rings (SSSR count). The van der Waals surface area contributed by atoms with E-state index in [1.54, 1.807) is 18.2 Å². The number of hydrogen-bond acceptors (Lipinski definition) is 3. The van der Waals surface area contributed by atoms with Gasteiger partial charge in [0.15, 0.2) is 0 Å². The van der Waals surface area contributed by atoms with Gasteiger partial charge < -0.3 is 8.74 Å². The number of hydrogen-bond donors (Lipinski definition) is 0. The van der Waals surface area contributed by atoms with Crippen molar-refractivity contribution >= 4 is 28.2 Å². The third-order valence-corrected chi connectivity index (χ3v) is 2.61. The molecule has 0 spiro atoms. The first-order valence-corrected chi connectivity index (χ1v) is 5.64. The molecular formula is C12H9O3S-. The standard InChI is InChI=1S/C12H10O3S/c1-2-9-7-8-12(15-16(13)14)11-6-4-3-5-10(9)11/h2-8H,1H2,(H,13,14)/p-1. The fourth-order valence-corrected chi connectivity index (χ4v) is 1.91. The summed E-state index contributed by atoms with van der Waals surface area (Å²) < 4.78 is 25.8. The summed E-state index contributed by atoms with van der Waals surface area (Å²) in [6, 6.07) is 10.8. The van der Waals surface area contributed by atoms with E-state index in [2.05, 4.69) is 6.58 Å². The van der Waals surface area contributed by atoms with Gasteiger partial charge in [-0.15, -0.1) is 0 Å². The van der Waals surface area contributed by atoms with E-state index in [1.807, 2.05) is 24.3 Å². The molecule has 1 unspecified atom stereocenters. The van der Waals surface area contributed by atoms with Crippen molar-refractivity contribution in [2.24, 2.45) is 0 Å². The Morgan fingerprint density at radius 1 is 1.19 bits per heavy atom. The van der Waals surface area contributed by atoms with Crippen molar-refractivity contribution in [3.63, 3.8) is 0 Å². The van der Waals surface area contributed by atoms with Crippen LogP contribution in [-0.2, 0) is 11.4 Å². The highest BCUT2D eigenvalue weighted by Gasteiger charge is 2.04. The molecule has 82 valence electrons. The molecule has 3 nitrogen and oxygen atoms in total. The van der Waals surface area contributed by atoms with E-state index in [0.717, 1.165) is 16.3 Å². The maximum atomic E-state index is 10.5. The van der Waals surface area contributed by atoms with Crippen LogP contribution in [0.15, 0.2) is 43.0 Å². The second-order valence-corrected chi connectivity index (χ2v) is 3.77. The molecule has 0 saturated carbocycles. The van der Waals surface area contributed by atoms with E-state index in [4.69, 9.17) is 4.18 Å². The summed E-state index contributed by atoms with van der Waals surface area (Å²) in [5.74, 6) is 0.328. The highest BCUT2D eigenvalue weighted by molar-refractivity contribution is 7.74. The molecule has 2 aromatic carbocycles. The van der Waals surface area contributed by atoms with Gasteiger partial charge in [-0.1, -0.05) is 43.0 Å². The van der Waals surface area contributed by atoms with E-state index >= 15 is 0 Å². The van der Waals surface area contributed by atoms with Crippen molar-refractivity contribution in [2.75, 3.05) is 0 Å². The van der Waals surface area contributed by atoms with Gasteiger partial charge in [-0.05, 0) is 17.0 Å². The maximum Gasteiger partial charge on any atom is 0.147 e. The van der Waals surface area contributed by atoms with Crippen molar-refractivity contribution in [2.45, 2.75) is 0 Å². The van der Waals surface area contributed by atoms with E-state index in [0.29, 0.717) is 5.75 Å². The Morgan fingerprint density at radius 2 is 1.88 bits per heavy atom. The molecule has 1 atom stereocenters. The second-order valence-electron chi connectivity index (χ2n) is 3.19. The molecule has 0 radical (unpaired) electrons. The molecule has 2 aromatic rings.